The zero-order valence-corrected chi connectivity index (χ0v) is 17.0. The van der Waals surface area contributed by atoms with Gasteiger partial charge >= 0.3 is 0 Å². The summed E-state index contributed by atoms with van der Waals surface area (Å²) in [6, 6.07) is 16.5. The molecule has 3 nitrogen and oxygen atoms in total. The van der Waals surface area contributed by atoms with Crippen LogP contribution in [0.2, 0.25) is 0 Å². The van der Waals surface area contributed by atoms with Crippen molar-refractivity contribution in [2.24, 2.45) is 4.99 Å². The summed E-state index contributed by atoms with van der Waals surface area (Å²) >= 11 is 5.15. The molecule has 2 heterocycles. The number of hydrogen-bond donors (Lipinski definition) is 0. The van der Waals surface area contributed by atoms with Crippen LogP contribution < -0.4 is 4.90 Å². The minimum atomic E-state index is 0.166. The molecule has 0 aromatic heterocycles. The number of benzene rings is 2. The summed E-state index contributed by atoms with van der Waals surface area (Å²) in [5.41, 5.74) is 3.35. The van der Waals surface area contributed by atoms with Crippen molar-refractivity contribution in [2.45, 2.75) is 29.2 Å². The maximum Gasteiger partial charge on any atom is 0.237 e. The van der Waals surface area contributed by atoms with Gasteiger partial charge in [-0.15, -0.1) is 11.8 Å². The van der Waals surface area contributed by atoms with Gasteiger partial charge in [-0.3, -0.25) is 4.79 Å². The molecular formula is C20H20N2OS3. The third-order valence-electron chi connectivity index (χ3n) is 4.42. The van der Waals surface area contributed by atoms with Crippen LogP contribution in [0.5, 0.6) is 0 Å². The van der Waals surface area contributed by atoms with Crippen LogP contribution in [-0.4, -0.2) is 27.8 Å². The topological polar surface area (TPSA) is 32.7 Å². The first-order valence-electron chi connectivity index (χ1n) is 8.69. The number of fused-ring (bicyclic) bond motifs is 2. The number of carbonyl (C=O) groups excluding carboxylic acids is 1. The van der Waals surface area contributed by atoms with Gasteiger partial charge in [-0.1, -0.05) is 60.8 Å². The number of hydrogen-bond acceptors (Lipinski definition) is 5. The minimum absolute atomic E-state index is 0.166. The number of para-hydroxylation sites is 2. The number of nitrogens with zero attached hydrogens (tertiary/aromatic N) is 2. The van der Waals surface area contributed by atoms with E-state index in [-0.39, 0.29) is 5.91 Å². The molecule has 6 heteroatoms. The van der Waals surface area contributed by atoms with E-state index in [4.69, 9.17) is 4.99 Å². The van der Waals surface area contributed by atoms with Crippen molar-refractivity contribution in [1.82, 2.24) is 0 Å². The van der Waals surface area contributed by atoms with Gasteiger partial charge in [0.2, 0.25) is 5.91 Å². The summed E-state index contributed by atoms with van der Waals surface area (Å²) in [7, 11) is 0. The number of rotatable bonds is 2. The van der Waals surface area contributed by atoms with Crippen molar-refractivity contribution in [3.05, 3.63) is 54.1 Å². The standard InChI is InChI=1S/C20H20N2OS3/c1-14-10-11-22(17-8-4-5-9-18(17)26-14)19(23)13-25-20-21-16-7-3-2-6-15(16)12-24-20/h2-9,14H,10-13H2,1H3/t14-/m1/s1. The molecule has 0 bridgehead atoms. The third-order valence-corrected chi connectivity index (χ3v) is 7.89. The van der Waals surface area contributed by atoms with E-state index in [0.29, 0.717) is 11.0 Å². The van der Waals surface area contributed by atoms with Crippen LogP contribution in [0.3, 0.4) is 0 Å². The first-order chi connectivity index (χ1) is 12.7. The van der Waals surface area contributed by atoms with E-state index in [1.54, 1.807) is 23.5 Å². The monoisotopic (exact) mass is 400 g/mol. The Bertz CT molecular complexity index is 852. The molecule has 2 aliphatic heterocycles. The van der Waals surface area contributed by atoms with E-state index < -0.39 is 0 Å². The average molecular weight is 401 g/mol. The molecule has 4 rings (SSSR count). The highest BCUT2D eigenvalue weighted by atomic mass is 32.2. The zero-order chi connectivity index (χ0) is 17.9. The Hall–Kier alpha value is -1.37. The fraction of sp³-hybridized carbons (Fsp3) is 0.300. The highest BCUT2D eigenvalue weighted by Gasteiger charge is 2.24. The lowest BCUT2D eigenvalue weighted by Crippen LogP contribution is -2.33. The predicted octanol–water partition coefficient (Wildman–Crippen LogP) is 5.57. The molecule has 2 aromatic carbocycles. The molecule has 0 N–H and O–H groups in total. The summed E-state index contributed by atoms with van der Waals surface area (Å²) in [6.45, 7) is 3.02. The second-order valence-corrected chi connectivity index (χ2v) is 9.98. The van der Waals surface area contributed by atoms with Gasteiger partial charge in [-0.25, -0.2) is 4.99 Å². The van der Waals surface area contributed by atoms with Gasteiger partial charge in [-0.05, 0) is 30.2 Å². The van der Waals surface area contributed by atoms with Crippen LogP contribution in [-0.2, 0) is 10.5 Å². The number of carbonyl (C=O) groups is 1. The fourth-order valence-corrected chi connectivity index (χ4v) is 6.08. The molecule has 0 spiro atoms. The second-order valence-electron chi connectivity index (χ2n) is 6.31. The van der Waals surface area contributed by atoms with Gasteiger partial charge in [0.1, 0.15) is 4.38 Å². The summed E-state index contributed by atoms with van der Waals surface area (Å²) in [6.07, 6.45) is 1.01. The van der Waals surface area contributed by atoms with E-state index in [1.807, 2.05) is 47.0 Å². The Labute approximate surface area is 167 Å². The molecule has 0 unspecified atom stereocenters. The van der Waals surface area contributed by atoms with E-state index in [0.717, 1.165) is 34.5 Å². The van der Waals surface area contributed by atoms with Crippen molar-refractivity contribution >= 4 is 56.9 Å². The van der Waals surface area contributed by atoms with Crippen LogP contribution in [0.1, 0.15) is 18.9 Å². The molecule has 0 fully saturated rings. The maximum absolute atomic E-state index is 12.9. The molecule has 0 saturated carbocycles. The molecule has 134 valence electrons. The lowest BCUT2D eigenvalue weighted by molar-refractivity contribution is -0.116. The van der Waals surface area contributed by atoms with Crippen molar-refractivity contribution in [1.29, 1.82) is 0 Å². The third kappa shape index (κ3) is 3.97. The Morgan fingerprint density at radius 3 is 2.96 bits per heavy atom. The van der Waals surface area contributed by atoms with Crippen molar-refractivity contribution in [2.75, 3.05) is 17.2 Å². The van der Waals surface area contributed by atoms with E-state index in [9.17, 15) is 4.79 Å². The van der Waals surface area contributed by atoms with Crippen molar-refractivity contribution < 1.29 is 4.79 Å². The Balaban J connectivity index is 1.47. The van der Waals surface area contributed by atoms with Crippen LogP contribution in [0.4, 0.5) is 11.4 Å². The summed E-state index contributed by atoms with van der Waals surface area (Å²) < 4.78 is 0.989. The van der Waals surface area contributed by atoms with Crippen LogP contribution in [0.25, 0.3) is 0 Å². The summed E-state index contributed by atoms with van der Waals surface area (Å²) in [5, 5.41) is 0.524. The minimum Gasteiger partial charge on any atom is -0.311 e. The Morgan fingerprint density at radius 1 is 1.23 bits per heavy atom. The predicted molar refractivity (Wildman–Crippen MR) is 116 cm³/mol. The molecule has 1 amide bonds. The molecular weight excluding hydrogens is 380 g/mol. The van der Waals surface area contributed by atoms with Crippen molar-refractivity contribution in [3.8, 4) is 0 Å². The molecule has 1 atom stereocenters. The Morgan fingerprint density at radius 2 is 2.04 bits per heavy atom. The normalized spacial score (nSPS) is 19.2. The smallest absolute Gasteiger partial charge is 0.237 e. The molecule has 2 aliphatic rings. The largest absolute Gasteiger partial charge is 0.311 e. The highest BCUT2D eigenvalue weighted by Crippen LogP contribution is 2.38. The number of thioether (sulfide) groups is 3. The van der Waals surface area contributed by atoms with Gasteiger partial charge in [0.25, 0.3) is 0 Å². The van der Waals surface area contributed by atoms with Gasteiger partial charge in [0.05, 0.1) is 17.1 Å². The summed E-state index contributed by atoms with van der Waals surface area (Å²) in [5.74, 6) is 1.53. The van der Waals surface area contributed by atoms with Gasteiger partial charge < -0.3 is 4.90 Å². The average Bonchev–Trinajstić information content (AvgIpc) is 2.84. The summed E-state index contributed by atoms with van der Waals surface area (Å²) in [4.78, 5) is 20.8. The zero-order valence-electron chi connectivity index (χ0n) is 14.6. The fourth-order valence-electron chi connectivity index (χ4n) is 3.03. The first-order valence-corrected chi connectivity index (χ1v) is 11.5. The number of anilines is 1. The van der Waals surface area contributed by atoms with Crippen LogP contribution >= 0.6 is 35.3 Å². The quantitative estimate of drug-likeness (QED) is 0.659. The molecule has 0 aliphatic carbocycles. The maximum atomic E-state index is 12.9. The molecule has 2 aromatic rings. The van der Waals surface area contributed by atoms with Crippen LogP contribution in [0.15, 0.2) is 58.4 Å². The highest BCUT2D eigenvalue weighted by molar-refractivity contribution is 8.38. The second kappa shape index (κ2) is 8.11. The van der Waals surface area contributed by atoms with Crippen LogP contribution in [0, 0.1) is 0 Å². The first kappa shape index (κ1) is 18.0. The van der Waals surface area contributed by atoms with Gasteiger partial charge in [0.15, 0.2) is 0 Å². The molecule has 26 heavy (non-hydrogen) atoms. The molecule has 0 saturated heterocycles. The SMILES string of the molecule is C[C@@H]1CCN(C(=O)CSC2=Nc3ccccc3CS2)c2ccccc2S1. The molecule has 0 radical (unpaired) electrons. The van der Waals surface area contributed by atoms with Gasteiger partial charge in [0, 0.05) is 22.4 Å². The lowest BCUT2D eigenvalue weighted by atomic mass is 10.2. The van der Waals surface area contributed by atoms with E-state index in [1.165, 1.54) is 10.5 Å². The number of amides is 1. The van der Waals surface area contributed by atoms with Crippen molar-refractivity contribution in [3.63, 3.8) is 0 Å². The number of aliphatic imine (C=N–C) groups is 1. The lowest BCUT2D eigenvalue weighted by Gasteiger charge is -2.22. The van der Waals surface area contributed by atoms with E-state index >= 15 is 0 Å². The van der Waals surface area contributed by atoms with Gasteiger partial charge in [-0.2, -0.15) is 0 Å². The Kier molecular flexibility index (Phi) is 5.62. The van der Waals surface area contributed by atoms with E-state index in [2.05, 4.69) is 25.1 Å².